The second-order valence-corrected chi connectivity index (χ2v) is 19.2. The predicted molar refractivity (Wildman–Crippen MR) is 300 cm³/mol. The van der Waals surface area contributed by atoms with Gasteiger partial charge in [0.2, 0.25) is 0 Å². The van der Waals surface area contributed by atoms with Crippen LogP contribution in [0.1, 0.15) is 0 Å². The SMILES string of the molecule is c1ccc2cc3c(cc2c1)c1cc2ccccc2cc1n3-c1cc2c(cc1-c1nc(-c3ccc4c(ccc5ccccc54)c3)nc(-c3ccc4c(ccc5ccccc54)c3)n1)oc1c3ccccc3ccc21. The minimum Gasteiger partial charge on any atom is -0.455 e. The molecule has 0 aliphatic carbocycles. The second-order valence-electron chi connectivity index (χ2n) is 19.2. The summed E-state index contributed by atoms with van der Waals surface area (Å²) < 4.78 is 9.44. The van der Waals surface area contributed by atoms with E-state index in [4.69, 9.17) is 19.4 Å². The summed E-state index contributed by atoms with van der Waals surface area (Å²) in [5.74, 6) is 1.72. The lowest BCUT2D eigenvalue weighted by molar-refractivity contribution is 0.672. The van der Waals surface area contributed by atoms with Gasteiger partial charge in [-0.2, -0.15) is 0 Å². The van der Waals surface area contributed by atoms with Crippen LogP contribution in [0.2, 0.25) is 0 Å². The number of fused-ring (bicyclic) bond motifs is 16. The average Bonchev–Trinajstić information content (AvgIpc) is 3.97. The van der Waals surface area contributed by atoms with Crippen molar-refractivity contribution >= 4 is 119 Å². The van der Waals surface area contributed by atoms with Crippen LogP contribution < -0.4 is 0 Å². The quantitative estimate of drug-likeness (QED) is 0.165. The highest BCUT2D eigenvalue weighted by atomic mass is 16.3. The highest BCUT2D eigenvalue weighted by molar-refractivity contribution is 6.19. The summed E-state index contributed by atoms with van der Waals surface area (Å²) in [5.41, 5.74) is 7.39. The number of aromatic nitrogens is 4. The van der Waals surface area contributed by atoms with Crippen LogP contribution in [0.3, 0.4) is 0 Å². The Labute approximate surface area is 411 Å². The van der Waals surface area contributed by atoms with Gasteiger partial charge in [0.05, 0.1) is 16.7 Å². The Kier molecular flexibility index (Phi) is 8.10. The van der Waals surface area contributed by atoms with Crippen LogP contribution in [0.25, 0.3) is 159 Å². The molecule has 0 spiro atoms. The molecule has 0 N–H and O–H groups in total. The molecule has 0 aliphatic rings. The van der Waals surface area contributed by atoms with Crippen molar-refractivity contribution in [2.24, 2.45) is 0 Å². The van der Waals surface area contributed by atoms with Gasteiger partial charge in [-0.05, 0) is 125 Å². The number of hydrogen-bond acceptors (Lipinski definition) is 4. The maximum atomic E-state index is 7.01. The molecular formula is C67H38N4O. The van der Waals surface area contributed by atoms with Gasteiger partial charge in [0.25, 0.3) is 0 Å². The second kappa shape index (κ2) is 14.9. The summed E-state index contributed by atoms with van der Waals surface area (Å²) in [7, 11) is 0. The van der Waals surface area contributed by atoms with E-state index in [2.05, 4.69) is 235 Å². The van der Waals surface area contributed by atoms with Crippen LogP contribution in [0.5, 0.6) is 0 Å². The fourth-order valence-corrected chi connectivity index (χ4v) is 11.6. The molecule has 16 aromatic rings. The molecule has 0 fully saturated rings. The summed E-state index contributed by atoms with van der Waals surface area (Å²) in [5, 5.41) is 20.8. The van der Waals surface area contributed by atoms with Gasteiger partial charge in [-0.15, -0.1) is 0 Å². The molecule has 5 nitrogen and oxygen atoms in total. The summed E-state index contributed by atoms with van der Waals surface area (Å²) in [4.78, 5) is 16.4. The maximum Gasteiger partial charge on any atom is 0.166 e. The number of rotatable bonds is 4. The van der Waals surface area contributed by atoms with Gasteiger partial charge in [0.15, 0.2) is 17.5 Å². The van der Waals surface area contributed by atoms with Crippen LogP contribution in [0, 0.1) is 0 Å². The Hall–Kier alpha value is -9.71. The van der Waals surface area contributed by atoms with Gasteiger partial charge >= 0.3 is 0 Å². The van der Waals surface area contributed by atoms with E-state index in [1.165, 1.54) is 64.6 Å². The first-order valence-corrected chi connectivity index (χ1v) is 24.5. The van der Waals surface area contributed by atoms with E-state index in [1.54, 1.807) is 0 Å². The van der Waals surface area contributed by atoms with Crippen molar-refractivity contribution < 1.29 is 4.42 Å². The molecule has 16 rings (SSSR count). The lowest BCUT2D eigenvalue weighted by Gasteiger charge is -2.16. The molecule has 332 valence electrons. The summed E-state index contributed by atoms with van der Waals surface area (Å²) in [6.45, 7) is 0. The largest absolute Gasteiger partial charge is 0.455 e. The Morgan fingerprint density at radius 3 is 1.25 bits per heavy atom. The zero-order valence-electron chi connectivity index (χ0n) is 38.6. The molecule has 0 bridgehead atoms. The first-order valence-electron chi connectivity index (χ1n) is 24.5. The highest BCUT2D eigenvalue weighted by Crippen LogP contribution is 2.44. The van der Waals surface area contributed by atoms with Crippen LogP contribution in [0.15, 0.2) is 235 Å². The van der Waals surface area contributed by atoms with Gasteiger partial charge < -0.3 is 8.98 Å². The zero-order chi connectivity index (χ0) is 47.0. The van der Waals surface area contributed by atoms with Crippen molar-refractivity contribution in [2.45, 2.75) is 0 Å². The molecule has 72 heavy (non-hydrogen) atoms. The van der Waals surface area contributed by atoms with Crippen molar-refractivity contribution in [3.05, 3.63) is 231 Å². The van der Waals surface area contributed by atoms with Gasteiger partial charge in [-0.25, -0.2) is 15.0 Å². The fraction of sp³-hybridized carbons (Fsp3) is 0. The van der Waals surface area contributed by atoms with Crippen molar-refractivity contribution in [3.63, 3.8) is 0 Å². The lowest BCUT2D eigenvalue weighted by atomic mass is 9.99. The first kappa shape index (κ1) is 39.2. The minimum atomic E-state index is 0.547. The van der Waals surface area contributed by atoms with Crippen LogP contribution in [-0.4, -0.2) is 19.5 Å². The number of benzene rings is 13. The monoisotopic (exact) mass is 914 g/mol. The third kappa shape index (κ3) is 5.85. The topological polar surface area (TPSA) is 56.7 Å². The summed E-state index contributed by atoms with van der Waals surface area (Å²) in [6.07, 6.45) is 0. The number of hydrogen-bond donors (Lipinski definition) is 0. The van der Waals surface area contributed by atoms with E-state index < -0.39 is 0 Å². The van der Waals surface area contributed by atoms with Crippen molar-refractivity contribution in [1.82, 2.24) is 19.5 Å². The van der Waals surface area contributed by atoms with Crippen LogP contribution in [-0.2, 0) is 0 Å². The van der Waals surface area contributed by atoms with Gasteiger partial charge in [0, 0.05) is 43.6 Å². The van der Waals surface area contributed by atoms with E-state index in [-0.39, 0.29) is 0 Å². The van der Waals surface area contributed by atoms with Crippen molar-refractivity contribution in [2.75, 3.05) is 0 Å². The molecule has 0 radical (unpaired) electrons. The van der Waals surface area contributed by atoms with Gasteiger partial charge in [0.1, 0.15) is 11.2 Å². The summed E-state index contributed by atoms with van der Waals surface area (Å²) >= 11 is 0. The number of furan rings is 1. The van der Waals surface area contributed by atoms with E-state index >= 15 is 0 Å². The smallest absolute Gasteiger partial charge is 0.166 e. The van der Waals surface area contributed by atoms with Crippen LogP contribution >= 0.6 is 0 Å². The molecule has 13 aromatic carbocycles. The molecule has 3 aromatic heterocycles. The molecular weight excluding hydrogens is 877 g/mol. The van der Waals surface area contributed by atoms with Crippen molar-refractivity contribution in [1.29, 1.82) is 0 Å². The normalized spacial score (nSPS) is 12.2. The molecule has 3 heterocycles. The lowest BCUT2D eigenvalue weighted by Crippen LogP contribution is -2.04. The molecule has 5 heteroatoms. The Morgan fingerprint density at radius 2 is 0.694 bits per heavy atom. The molecule has 0 unspecified atom stereocenters. The Bertz CT molecular complexity index is 4770. The first-order chi connectivity index (χ1) is 35.6. The van der Waals surface area contributed by atoms with Gasteiger partial charge in [-0.1, -0.05) is 176 Å². The third-order valence-corrected chi connectivity index (χ3v) is 15.1. The standard InChI is InChI=1S/C67H38N4O/c1-3-16-44-35-60-56(33-42(44)14-1)57-34-43-15-2-4-17-45(43)36-61(57)71(60)62-37-58-55-30-25-41-13-7-10-20-54(41)64(55)72-63(58)38-59(62)67-69-65(48-26-28-52-46(31-48)23-21-39-11-5-8-18-50(39)52)68-66(70-67)49-27-29-53-47(32-49)24-22-40-12-6-9-19-51(40)53/h1-38H. The molecule has 0 amide bonds. The van der Waals surface area contributed by atoms with Crippen LogP contribution in [0.4, 0.5) is 0 Å². The zero-order valence-corrected chi connectivity index (χ0v) is 38.6. The summed E-state index contributed by atoms with van der Waals surface area (Å²) in [6, 6.07) is 83.0. The number of nitrogens with zero attached hydrogens (tertiary/aromatic N) is 4. The molecule has 0 aliphatic heterocycles. The van der Waals surface area contributed by atoms with Gasteiger partial charge in [-0.3, -0.25) is 0 Å². The fourth-order valence-electron chi connectivity index (χ4n) is 11.6. The van der Waals surface area contributed by atoms with E-state index in [0.29, 0.717) is 17.5 Å². The molecule has 0 atom stereocenters. The van der Waals surface area contributed by atoms with E-state index in [0.717, 1.165) is 76.9 Å². The minimum absolute atomic E-state index is 0.547. The Morgan fingerprint density at radius 1 is 0.278 bits per heavy atom. The maximum absolute atomic E-state index is 7.01. The highest BCUT2D eigenvalue weighted by Gasteiger charge is 2.24. The molecule has 0 saturated carbocycles. The third-order valence-electron chi connectivity index (χ3n) is 15.1. The van der Waals surface area contributed by atoms with E-state index in [9.17, 15) is 0 Å². The van der Waals surface area contributed by atoms with E-state index in [1.807, 2.05) is 0 Å². The predicted octanol–water partition coefficient (Wildman–Crippen LogP) is 17.9. The Balaban J connectivity index is 1.02. The average molecular weight is 915 g/mol. The van der Waals surface area contributed by atoms with Crippen molar-refractivity contribution in [3.8, 4) is 39.9 Å². The molecule has 0 saturated heterocycles.